The SMILES string of the molecule is CCCCC1(C(=O)CCc2ccccc2)NCNCN1. The number of carbonyl (C=O) groups is 1. The molecule has 2 rings (SSSR count). The Hall–Kier alpha value is -1.23. The van der Waals surface area contributed by atoms with Gasteiger partial charge < -0.3 is 0 Å². The highest BCUT2D eigenvalue weighted by atomic mass is 16.1. The number of ketones is 1. The van der Waals surface area contributed by atoms with Gasteiger partial charge in [-0.05, 0) is 18.4 Å². The minimum Gasteiger partial charge on any atom is -0.296 e. The Labute approximate surface area is 121 Å². The standard InChI is InChI=1S/C16H25N3O/c1-2-3-11-16(18-12-17-13-19-16)15(20)10-9-14-7-5-4-6-8-14/h4-8,17-19H,2-3,9-13H2,1H3. The number of carbonyl (C=O) groups excluding carboxylic acids is 1. The van der Waals surface area contributed by atoms with E-state index in [1.54, 1.807) is 0 Å². The van der Waals surface area contributed by atoms with Crippen molar-refractivity contribution in [2.24, 2.45) is 0 Å². The predicted molar refractivity (Wildman–Crippen MR) is 81.2 cm³/mol. The normalized spacial score (nSPS) is 17.9. The van der Waals surface area contributed by atoms with Crippen LogP contribution in [0.2, 0.25) is 0 Å². The van der Waals surface area contributed by atoms with E-state index in [1.807, 2.05) is 18.2 Å². The van der Waals surface area contributed by atoms with Gasteiger partial charge >= 0.3 is 0 Å². The van der Waals surface area contributed by atoms with E-state index >= 15 is 0 Å². The van der Waals surface area contributed by atoms with Gasteiger partial charge in [-0.1, -0.05) is 50.1 Å². The van der Waals surface area contributed by atoms with Gasteiger partial charge in [0.15, 0.2) is 5.78 Å². The molecule has 1 aliphatic rings. The largest absolute Gasteiger partial charge is 0.296 e. The zero-order valence-corrected chi connectivity index (χ0v) is 12.2. The minimum atomic E-state index is -0.532. The smallest absolute Gasteiger partial charge is 0.167 e. The monoisotopic (exact) mass is 275 g/mol. The molecule has 1 saturated heterocycles. The lowest BCUT2D eigenvalue weighted by Gasteiger charge is -2.38. The van der Waals surface area contributed by atoms with Crippen LogP contribution in [0.3, 0.4) is 0 Å². The molecule has 1 aliphatic heterocycles. The van der Waals surface area contributed by atoms with Crippen LogP contribution in [0.15, 0.2) is 30.3 Å². The van der Waals surface area contributed by atoms with Crippen molar-refractivity contribution in [1.82, 2.24) is 16.0 Å². The van der Waals surface area contributed by atoms with Gasteiger partial charge in [-0.25, -0.2) is 0 Å². The Bertz CT molecular complexity index is 413. The molecule has 4 nitrogen and oxygen atoms in total. The fourth-order valence-electron chi connectivity index (χ4n) is 2.62. The maximum absolute atomic E-state index is 12.6. The van der Waals surface area contributed by atoms with E-state index in [4.69, 9.17) is 0 Å². The number of unbranched alkanes of at least 4 members (excludes halogenated alkanes) is 1. The third-order valence-corrected chi connectivity index (χ3v) is 3.90. The molecule has 1 heterocycles. The van der Waals surface area contributed by atoms with E-state index in [1.165, 1.54) is 5.56 Å². The average Bonchev–Trinajstić information content (AvgIpc) is 2.52. The van der Waals surface area contributed by atoms with E-state index in [-0.39, 0.29) is 5.78 Å². The Morgan fingerprint density at radius 1 is 1.20 bits per heavy atom. The van der Waals surface area contributed by atoms with Crippen LogP contribution < -0.4 is 16.0 Å². The summed E-state index contributed by atoms with van der Waals surface area (Å²) < 4.78 is 0. The van der Waals surface area contributed by atoms with E-state index in [0.717, 1.165) is 25.7 Å². The van der Waals surface area contributed by atoms with Crippen molar-refractivity contribution in [2.75, 3.05) is 13.3 Å². The first kappa shape index (κ1) is 15.2. The fourth-order valence-corrected chi connectivity index (χ4v) is 2.62. The van der Waals surface area contributed by atoms with Gasteiger partial charge in [0.25, 0.3) is 0 Å². The molecule has 110 valence electrons. The van der Waals surface area contributed by atoms with Crippen LogP contribution in [-0.4, -0.2) is 24.8 Å². The van der Waals surface area contributed by atoms with Crippen molar-refractivity contribution in [3.8, 4) is 0 Å². The van der Waals surface area contributed by atoms with E-state index in [9.17, 15) is 4.79 Å². The highest BCUT2D eigenvalue weighted by Gasteiger charge is 2.37. The molecule has 0 aliphatic carbocycles. The van der Waals surface area contributed by atoms with Gasteiger partial charge in [0.2, 0.25) is 0 Å². The number of nitrogens with one attached hydrogen (secondary N) is 3. The minimum absolute atomic E-state index is 0.274. The molecular formula is C16H25N3O. The Morgan fingerprint density at radius 3 is 2.55 bits per heavy atom. The van der Waals surface area contributed by atoms with E-state index in [2.05, 4.69) is 35.0 Å². The van der Waals surface area contributed by atoms with E-state index in [0.29, 0.717) is 19.8 Å². The van der Waals surface area contributed by atoms with Crippen molar-refractivity contribution >= 4 is 5.78 Å². The molecule has 0 atom stereocenters. The molecule has 0 bridgehead atoms. The quantitative estimate of drug-likeness (QED) is 0.710. The molecule has 0 radical (unpaired) electrons. The Balaban J connectivity index is 1.95. The lowest BCUT2D eigenvalue weighted by atomic mass is 9.92. The second-order valence-electron chi connectivity index (χ2n) is 5.37. The molecular weight excluding hydrogens is 250 g/mol. The number of benzene rings is 1. The number of hydrogen-bond acceptors (Lipinski definition) is 4. The summed E-state index contributed by atoms with van der Waals surface area (Å²) in [7, 11) is 0. The maximum Gasteiger partial charge on any atom is 0.167 e. The first-order valence-corrected chi connectivity index (χ1v) is 7.55. The summed E-state index contributed by atoms with van der Waals surface area (Å²) in [6, 6.07) is 10.2. The summed E-state index contributed by atoms with van der Waals surface area (Å²) in [5, 5.41) is 9.83. The molecule has 4 heteroatoms. The maximum atomic E-state index is 12.6. The summed E-state index contributed by atoms with van der Waals surface area (Å²) >= 11 is 0. The van der Waals surface area contributed by atoms with Crippen LogP contribution in [-0.2, 0) is 11.2 Å². The number of hydrogen-bond donors (Lipinski definition) is 3. The van der Waals surface area contributed by atoms with Crippen LogP contribution in [0.1, 0.15) is 38.2 Å². The fraction of sp³-hybridized carbons (Fsp3) is 0.562. The highest BCUT2D eigenvalue weighted by Crippen LogP contribution is 2.17. The first-order chi connectivity index (χ1) is 9.77. The van der Waals surface area contributed by atoms with Gasteiger partial charge in [0.1, 0.15) is 5.66 Å². The number of rotatable bonds is 7. The van der Waals surface area contributed by atoms with Crippen LogP contribution in [0.5, 0.6) is 0 Å². The average molecular weight is 275 g/mol. The molecule has 1 aromatic rings. The number of aryl methyl sites for hydroxylation is 1. The zero-order chi connectivity index (χ0) is 14.3. The Morgan fingerprint density at radius 2 is 1.90 bits per heavy atom. The molecule has 0 saturated carbocycles. The summed E-state index contributed by atoms with van der Waals surface area (Å²) in [5.41, 5.74) is 0.691. The summed E-state index contributed by atoms with van der Waals surface area (Å²) in [4.78, 5) is 12.6. The molecule has 1 fully saturated rings. The third-order valence-electron chi connectivity index (χ3n) is 3.90. The van der Waals surface area contributed by atoms with Gasteiger partial charge in [0, 0.05) is 19.8 Å². The molecule has 20 heavy (non-hydrogen) atoms. The van der Waals surface area contributed by atoms with Crippen molar-refractivity contribution in [2.45, 2.75) is 44.7 Å². The van der Waals surface area contributed by atoms with Gasteiger partial charge in [0.05, 0.1) is 0 Å². The molecule has 1 aromatic carbocycles. The summed E-state index contributed by atoms with van der Waals surface area (Å²) in [6.07, 6.45) is 4.40. The molecule has 0 aromatic heterocycles. The second kappa shape index (κ2) is 7.53. The van der Waals surface area contributed by atoms with Crippen LogP contribution >= 0.6 is 0 Å². The van der Waals surface area contributed by atoms with Gasteiger partial charge in [-0.15, -0.1) is 0 Å². The zero-order valence-electron chi connectivity index (χ0n) is 12.2. The van der Waals surface area contributed by atoms with Crippen molar-refractivity contribution in [1.29, 1.82) is 0 Å². The lowest BCUT2D eigenvalue weighted by molar-refractivity contribution is -0.128. The van der Waals surface area contributed by atoms with Crippen molar-refractivity contribution < 1.29 is 4.79 Å². The lowest BCUT2D eigenvalue weighted by Crippen LogP contribution is -2.69. The molecule has 0 spiro atoms. The molecule has 0 amide bonds. The molecule has 0 unspecified atom stereocenters. The van der Waals surface area contributed by atoms with E-state index < -0.39 is 5.66 Å². The summed E-state index contributed by atoms with van der Waals surface area (Å²) in [6.45, 7) is 3.53. The number of Topliss-reactive ketones (excluding diaryl/α,β-unsaturated/α-hetero) is 1. The van der Waals surface area contributed by atoms with Crippen molar-refractivity contribution in [3.05, 3.63) is 35.9 Å². The predicted octanol–water partition coefficient (Wildman–Crippen LogP) is 1.77. The highest BCUT2D eigenvalue weighted by molar-refractivity contribution is 5.88. The second-order valence-corrected chi connectivity index (χ2v) is 5.37. The van der Waals surface area contributed by atoms with Crippen LogP contribution in [0.25, 0.3) is 0 Å². The van der Waals surface area contributed by atoms with Crippen LogP contribution in [0, 0.1) is 0 Å². The molecule has 3 N–H and O–H groups in total. The van der Waals surface area contributed by atoms with Crippen molar-refractivity contribution in [3.63, 3.8) is 0 Å². The third kappa shape index (κ3) is 3.88. The summed E-state index contributed by atoms with van der Waals surface area (Å²) in [5.74, 6) is 0.274. The van der Waals surface area contributed by atoms with Crippen LogP contribution in [0.4, 0.5) is 0 Å². The van der Waals surface area contributed by atoms with Gasteiger partial charge in [-0.2, -0.15) is 0 Å². The first-order valence-electron chi connectivity index (χ1n) is 7.55. The Kier molecular flexibility index (Phi) is 5.71. The topological polar surface area (TPSA) is 53.2 Å². The van der Waals surface area contributed by atoms with Gasteiger partial charge in [-0.3, -0.25) is 20.7 Å².